The Kier molecular flexibility index (Phi) is 7.18. The number of carbonyl (C=O) groups excluding carboxylic acids is 1. The Bertz CT molecular complexity index is 1190. The second kappa shape index (κ2) is 10.2. The van der Waals surface area contributed by atoms with Crippen LogP contribution in [0.3, 0.4) is 0 Å². The molecule has 0 aliphatic rings. The molecule has 12 heteroatoms. The van der Waals surface area contributed by atoms with Crippen molar-refractivity contribution in [2.24, 2.45) is 0 Å². The predicted octanol–water partition coefficient (Wildman–Crippen LogP) is 3.60. The third kappa shape index (κ3) is 6.75. The van der Waals surface area contributed by atoms with Gasteiger partial charge in [-0.15, -0.1) is 0 Å². The van der Waals surface area contributed by atoms with Gasteiger partial charge in [-0.25, -0.2) is 14.5 Å². The highest BCUT2D eigenvalue weighted by atomic mass is 19.4. The number of anilines is 1. The number of nitrogens with zero attached hydrogens (tertiary/aromatic N) is 4. The van der Waals surface area contributed by atoms with Crippen molar-refractivity contribution in [2.45, 2.75) is 12.7 Å². The SMILES string of the molecule is O=C(Nc1ccc(Cn2cncn2)cc1)c1cc(-c2ccccc2)n[nH]1.O=C(O)C(F)(F)F. The number of carboxylic acids is 1. The van der Waals surface area contributed by atoms with Crippen molar-refractivity contribution in [3.63, 3.8) is 0 Å². The second-order valence-electron chi connectivity index (χ2n) is 6.58. The van der Waals surface area contributed by atoms with Crippen molar-refractivity contribution >= 4 is 17.6 Å². The van der Waals surface area contributed by atoms with E-state index in [2.05, 4.69) is 25.6 Å². The van der Waals surface area contributed by atoms with Crippen LogP contribution in [0.25, 0.3) is 11.3 Å². The summed E-state index contributed by atoms with van der Waals surface area (Å²) in [5.41, 5.74) is 3.89. The first kappa shape index (κ1) is 23.2. The number of benzene rings is 2. The highest BCUT2D eigenvalue weighted by molar-refractivity contribution is 6.03. The van der Waals surface area contributed by atoms with Gasteiger partial charge in [-0.3, -0.25) is 9.89 Å². The van der Waals surface area contributed by atoms with E-state index in [1.54, 1.807) is 17.1 Å². The zero-order valence-corrected chi connectivity index (χ0v) is 16.8. The highest BCUT2D eigenvalue weighted by Crippen LogP contribution is 2.18. The van der Waals surface area contributed by atoms with Gasteiger partial charge in [0.25, 0.3) is 5.91 Å². The van der Waals surface area contributed by atoms with Gasteiger partial charge >= 0.3 is 12.1 Å². The Labute approximate surface area is 184 Å². The first-order valence-electron chi connectivity index (χ1n) is 9.36. The average Bonchev–Trinajstić information content (AvgIpc) is 3.48. The van der Waals surface area contributed by atoms with Gasteiger partial charge in [0.1, 0.15) is 18.3 Å². The summed E-state index contributed by atoms with van der Waals surface area (Å²) in [6, 6.07) is 19.1. The van der Waals surface area contributed by atoms with Crippen LogP contribution in [0.15, 0.2) is 73.3 Å². The lowest BCUT2D eigenvalue weighted by molar-refractivity contribution is -0.192. The van der Waals surface area contributed by atoms with Crippen molar-refractivity contribution in [3.8, 4) is 11.3 Å². The number of halogens is 3. The molecule has 0 radical (unpaired) electrons. The smallest absolute Gasteiger partial charge is 0.475 e. The molecule has 0 aliphatic heterocycles. The van der Waals surface area contributed by atoms with Crippen LogP contribution in [0.2, 0.25) is 0 Å². The van der Waals surface area contributed by atoms with E-state index in [9.17, 15) is 18.0 Å². The maximum absolute atomic E-state index is 12.4. The minimum Gasteiger partial charge on any atom is -0.475 e. The summed E-state index contributed by atoms with van der Waals surface area (Å²) < 4.78 is 33.5. The maximum atomic E-state index is 12.4. The molecule has 1 amide bonds. The summed E-state index contributed by atoms with van der Waals surface area (Å²) in [5.74, 6) is -2.99. The number of hydrogen-bond acceptors (Lipinski definition) is 5. The van der Waals surface area contributed by atoms with Gasteiger partial charge < -0.3 is 10.4 Å². The van der Waals surface area contributed by atoms with Crippen LogP contribution in [0.1, 0.15) is 16.1 Å². The molecule has 33 heavy (non-hydrogen) atoms. The standard InChI is InChI=1S/C19H16N6O.C2HF3O2/c26-19(18-10-17(23-24-18)15-4-2-1-3-5-15)22-16-8-6-14(7-9-16)11-25-13-20-12-21-25;3-2(4,5)1(6)7/h1-10,12-13H,11H2,(H,22,26)(H,23,24);(H,6,7). The largest absolute Gasteiger partial charge is 0.490 e. The van der Waals surface area contributed by atoms with Crippen LogP contribution >= 0.6 is 0 Å². The number of nitrogens with one attached hydrogen (secondary N) is 2. The zero-order valence-electron chi connectivity index (χ0n) is 16.8. The third-order valence-corrected chi connectivity index (χ3v) is 4.16. The lowest BCUT2D eigenvalue weighted by Crippen LogP contribution is -2.21. The Morgan fingerprint density at radius 1 is 1.06 bits per heavy atom. The molecule has 0 saturated heterocycles. The normalized spacial score (nSPS) is 10.8. The van der Waals surface area contributed by atoms with Crippen LogP contribution < -0.4 is 5.32 Å². The van der Waals surface area contributed by atoms with Gasteiger partial charge in [0.05, 0.1) is 12.2 Å². The van der Waals surface area contributed by atoms with Crippen molar-refractivity contribution in [2.75, 3.05) is 5.32 Å². The van der Waals surface area contributed by atoms with Crippen LogP contribution in [0, 0.1) is 0 Å². The molecule has 170 valence electrons. The van der Waals surface area contributed by atoms with Crippen molar-refractivity contribution in [1.82, 2.24) is 25.0 Å². The molecule has 0 saturated carbocycles. The highest BCUT2D eigenvalue weighted by Gasteiger charge is 2.38. The predicted molar refractivity (Wildman–Crippen MR) is 111 cm³/mol. The molecule has 4 aromatic rings. The molecule has 2 heterocycles. The van der Waals surface area contributed by atoms with Crippen molar-refractivity contribution in [1.29, 1.82) is 0 Å². The lowest BCUT2D eigenvalue weighted by atomic mass is 10.1. The molecule has 2 aromatic carbocycles. The van der Waals surface area contributed by atoms with Crippen molar-refractivity contribution < 1.29 is 27.9 Å². The van der Waals surface area contributed by atoms with E-state index >= 15 is 0 Å². The summed E-state index contributed by atoms with van der Waals surface area (Å²) in [6.07, 6.45) is -1.92. The van der Waals surface area contributed by atoms with Crippen LogP contribution in [-0.2, 0) is 11.3 Å². The fraction of sp³-hybridized carbons (Fsp3) is 0.0952. The van der Waals surface area contributed by atoms with Crippen LogP contribution in [0.4, 0.5) is 18.9 Å². The monoisotopic (exact) mass is 458 g/mol. The molecule has 3 N–H and O–H groups in total. The molecule has 0 spiro atoms. The van der Waals surface area contributed by atoms with Gasteiger partial charge in [0.2, 0.25) is 0 Å². The summed E-state index contributed by atoms with van der Waals surface area (Å²) in [4.78, 5) is 25.2. The quantitative estimate of drug-likeness (QED) is 0.420. The van der Waals surface area contributed by atoms with Gasteiger partial charge in [-0.2, -0.15) is 23.4 Å². The zero-order chi connectivity index (χ0) is 23.8. The van der Waals surface area contributed by atoms with E-state index < -0.39 is 12.1 Å². The molecule has 2 aromatic heterocycles. The number of rotatable bonds is 5. The number of hydrogen-bond donors (Lipinski definition) is 3. The third-order valence-electron chi connectivity index (χ3n) is 4.16. The second-order valence-corrected chi connectivity index (χ2v) is 6.58. The van der Waals surface area contributed by atoms with Crippen LogP contribution in [0.5, 0.6) is 0 Å². The van der Waals surface area contributed by atoms with E-state index in [4.69, 9.17) is 9.90 Å². The lowest BCUT2D eigenvalue weighted by Gasteiger charge is -2.05. The number of H-pyrrole nitrogens is 1. The number of amides is 1. The minimum absolute atomic E-state index is 0.233. The summed E-state index contributed by atoms with van der Waals surface area (Å²) in [5, 5.41) is 21.1. The van der Waals surface area contributed by atoms with E-state index in [1.807, 2.05) is 54.6 Å². The van der Waals surface area contributed by atoms with E-state index in [1.165, 1.54) is 6.33 Å². The van der Waals surface area contributed by atoms with Crippen molar-refractivity contribution in [3.05, 3.63) is 84.6 Å². The molecule has 0 fully saturated rings. The molecule has 0 unspecified atom stereocenters. The molecule has 0 bridgehead atoms. The Morgan fingerprint density at radius 2 is 1.73 bits per heavy atom. The molecule has 0 aliphatic carbocycles. The molecule has 4 rings (SSSR count). The van der Waals surface area contributed by atoms with E-state index in [0.717, 1.165) is 16.8 Å². The Hall–Kier alpha value is -4.48. The average molecular weight is 458 g/mol. The topological polar surface area (TPSA) is 126 Å². The number of aromatic amines is 1. The summed E-state index contributed by atoms with van der Waals surface area (Å²) >= 11 is 0. The Morgan fingerprint density at radius 3 is 2.30 bits per heavy atom. The fourth-order valence-electron chi connectivity index (χ4n) is 2.59. The molecular formula is C21H17F3N6O3. The van der Waals surface area contributed by atoms with E-state index in [0.29, 0.717) is 17.9 Å². The van der Waals surface area contributed by atoms with Gasteiger partial charge in [0.15, 0.2) is 0 Å². The number of carboxylic acid groups (broad SMARTS) is 1. The number of carbonyl (C=O) groups is 2. The first-order valence-corrected chi connectivity index (χ1v) is 9.36. The number of aromatic nitrogens is 5. The first-order chi connectivity index (χ1) is 15.7. The Balaban J connectivity index is 0.000000383. The molecular weight excluding hydrogens is 441 g/mol. The van der Waals surface area contributed by atoms with Gasteiger partial charge in [-0.1, -0.05) is 42.5 Å². The fourth-order valence-corrected chi connectivity index (χ4v) is 2.59. The summed E-state index contributed by atoms with van der Waals surface area (Å²) in [7, 11) is 0. The number of aliphatic carboxylic acids is 1. The molecule has 0 atom stereocenters. The summed E-state index contributed by atoms with van der Waals surface area (Å²) in [6.45, 7) is 0.634. The van der Waals surface area contributed by atoms with Gasteiger partial charge in [-0.05, 0) is 23.8 Å². The van der Waals surface area contributed by atoms with Crippen LogP contribution in [-0.4, -0.2) is 48.1 Å². The number of alkyl halides is 3. The van der Waals surface area contributed by atoms with Gasteiger partial charge in [0, 0.05) is 11.3 Å². The van der Waals surface area contributed by atoms with E-state index in [-0.39, 0.29) is 5.91 Å². The molecule has 9 nitrogen and oxygen atoms in total. The maximum Gasteiger partial charge on any atom is 0.490 e. The minimum atomic E-state index is -5.08.